The molecule has 668 valence electrons. The van der Waals surface area contributed by atoms with E-state index < -0.39 is 35.7 Å². The van der Waals surface area contributed by atoms with E-state index in [2.05, 4.69) is 94.7 Å². The Balaban J connectivity index is 0.000000205. The van der Waals surface area contributed by atoms with Crippen molar-refractivity contribution in [2.75, 3.05) is 75.1 Å². The minimum Gasteiger partial charge on any atom is -0.493 e. The Labute approximate surface area is 739 Å². The molecule has 0 aliphatic heterocycles. The molecule has 0 spiro atoms. The summed E-state index contributed by atoms with van der Waals surface area (Å²) >= 11 is 6.47. The third-order valence-electron chi connectivity index (χ3n) is 17.2. The first kappa shape index (κ1) is 97.4. The van der Waals surface area contributed by atoms with E-state index in [0.29, 0.717) is 35.4 Å². The number of rotatable bonds is 30. The summed E-state index contributed by atoms with van der Waals surface area (Å²) in [6.07, 6.45) is 9.09. The smallest absolute Gasteiger partial charge is 0.263 e. The van der Waals surface area contributed by atoms with E-state index in [1.807, 2.05) is 83.1 Å². The Bertz CT molecular complexity index is 5940. The van der Waals surface area contributed by atoms with Gasteiger partial charge in [0.05, 0.1) is 73.6 Å². The zero-order chi connectivity index (χ0) is 91.8. The second-order valence-corrected chi connectivity index (χ2v) is 37.7. The van der Waals surface area contributed by atoms with Gasteiger partial charge in [-0.05, 0) is 165 Å². The molecule has 0 atom stereocenters. The average molecular weight is 1800 g/mol. The van der Waals surface area contributed by atoms with Crippen LogP contribution >= 0.6 is 11.6 Å². The molecular weight excluding hydrogens is 1700 g/mol. The first-order valence-electron chi connectivity index (χ1n) is 39.3. The van der Waals surface area contributed by atoms with Crippen molar-refractivity contribution >= 4 is 59.1 Å². The molecule has 0 aliphatic rings. The standard InChI is InChI=1S/C31H37N5O6S.C27H29N5O6S.C25H24ClN5O4S.C6H14O2/c1-30(2,3)21-13-15-22(16-14-21)43(37,38)36-26-25(42-24-12-9-8-11-23(24)39-7)29(40-19-20-41-31(4,5)6)35-28(34-26)27-32-17-10-18-33-27;1-27(2,3)18-10-12-19(13-11-18)39(34,35)32-23-22(38-21-9-6-5-8-20(21)36-4)26(37-17-16-33)31-25(30-23)24-28-14-7-15-29-24;1-25(2,3)16-10-12-17(13-11-16)36(32,33)31-22-20(35-19-9-6-5-8-18(19)34-4)21(26)29-24(30-22)23-27-14-7-15-28-23;1-6(2,3)8-5-4-7/h8-18H,19-20H2,1-7H3,(H,34,35,36);5-15,33H,16-17H2,1-4H3,(H,30,31,32);5-15H,1-4H3,(H,29,30,31);7H,4-5H2,1-3H3. The van der Waals surface area contributed by atoms with E-state index in [9.17, 15) is 30.4 Å². The van der Waals surface area contributed by atoms with Gasteiger partial charge in [0.2, 0.25) is 34.7 Å². The number of anilines is 3. The number of para-hydroxylation sites is 6. The van der Waals surface area contributed by atoms with Gasteiger partial charge in [-0.15, -0.1) is 0 Å². The molecule has 6 heterocycles. The van der Waals surface area contributed by atoms with E-state index in [1.54, 1.807) is 140 Å². The maximum absolute atomic E-state index is 13.7. The number of nitrogens with one attached hydrogen (secondary N) is 3. The molecule has 12 aromatic rings. The lowest BCUT2D eigenvalue weighted by atomic mass is 9.87. The van der Waals surface area contributed by atoms with Gasteiger partial charge in [0.15, 0.2) is 74.6 Å². The summed E-state index contributed by atoms with van der Waals surface area (Å²) in [5.41, 5.74) is 2.04. The molecule has 6 aromatic carbocycles. The van der Waals surface area contributed by atoms with Crippen molar-refractivity contribution < 1.29 is 82.8 Å². The molecule has 0 unspecified atom stereocenters. The Hall–Kier alpha value is -12.4. The SMILES string of the molecule is CC(C)(C)OCCO.COc1ccccc1Oc1c(Cl)nc(-c2ncccn2)nc1NS(=O)(=O)c1ccc(C(C)(C)C)cc1.COc1ccccc1Oc1c(NS(=O)(=O)c2ccc(C(C)(C)C)cc2)nc(-c2ncccn2)nc1OCCO.COc1ccccc1Oc1c(NS(=O)(=O)c2ccc(C(C)(C)C)cc2)nc(-c2ncccn2)nc1OCCOC(C)(C)C. The van der Waals surface area contributed by atoms with Crippen LogP contribution in [-0.2, 0) is 55.8 Å². The largest absolute Gasteiger partial charge is 0.493 e. The fourth-order valence-corrected chi connectivity index (χ4v) is 14.1. The number of aliphatic hydroxyl groups excluding tert-OH is 2. The predicted octanol–water partition coefficient (Wildman–Crippen LogP) is 16.5. The van der Waals surface area contributed by atoms with Crippen LogP contribution in [-0.4, -0.2) is 167 Å². The molecule has 0 amide bonds. The number of nitrogens with zero attached hydrogens (tertiary/aromatic N) is 12. The summed E-state index contributed by atoms with van der Waals surface area (Å²) in [6.45, 7) is 30.5. The second-order valence-electron chi connectivity index (χ2n) is 32.3. The van der Waals surface area contributed by atoms with Crippen molar-refractivity contribution in [3.63, 3.8) is 0 Å². The summed E-state index contributed by atoms with van der Waals surface area (Å²) < 4.78 is 146. The van der Waals surface area contributed by atoms with E-state index in [4.69, 9.17) is 64.1 Å². The van der Waals surface area contributed by atoms with Gasteiger partial charge in [-0.1, -0.05) is 147 Å². The number of methoxy groups -OCH3 is 3. The van der Waals surface area contributed by atoms with E-state index in [-0.39, 0.29) is 162 Å². The van der Waals surface area contributed by atoms with Crippen LogP contribution < -0.4 is 52.1 Å². The molecule has 0 saturated heterocycles. The van der Waals surface area contributed by atoms with Gasteiger partial charge in [-0.25, -0.2) is 75.1 Å². The summed E-state index contributed by atoms with van der Waals surface area (Å²) in [4.78, 5) is 51.5. The molecule has 0 radical (unpaired) electrons. The average Bonchev–Trinajstić information content (AvgIpc) is 0.790. The fourth-order valence-electron chi connectivity index (χ4n) is 10.9. The second kappa shape index (κ2) is 43.0. The van der Waals surface area contributed by atoms with Gasteiger partial charge in [0, 0.05) is 37.2 Å². The van der Waals surface area contributed by atoms with Crippen LogP contribution in [0.4, 0.5) is 17.5 Å². The number of sulfonamides is 3. The lowest BCUT2D eigenvalue weighted by Crippen LogP contribution is -2.23. The van der Waals surface area contributed by atoms with Crippen LogP contribution in [0.3, 0.4) is 0 Å². The topological polar surface area (TPSA) is 426 Å². The third-order valence-corrected chi connectivity index (χ3v) is 21.6. The van der Waals surface area contributed by atoms with Crippen LogP contribution in [0, 0.1) is 0 Å². The van der Waals surface area contributed by atoms with Gasteiger partial charge >= 0.3 is 0 Å². The zero-order valence-electron chi connectivity index (χ0n) is 73.2. The monoisotopic (exact) mass is 1800 g/mol. The predicted molar refractivity (Wildman–Crippen MR) is 478 cm³/mol. The highest BCUT2D eigenvalue weighted by Crippen LogP contribution is 2.45. The van der Waals surface area contributed by atoms with Crippen LogP contribution in [0.5, 0.6) is 63.5 Å². The van der Waals surface area contributed by atoms with Crippen molar-refractivity contribution in [1.29, 1.82) is 0 Å². The highest BCUT2D eigenvalue weighted by atomic mass is 35.5. The van der Waals surface area contributed by atoms with E-state index in [1.165, 1.54) is 82.8 Å². The fraction of sp³-hybridized carbons (Fsp3) is 0.326. The number of ether oxygens (including phenoxy) is 10. The summed E-state index contributed by atoms with van der Waals surface area (Å²) in [6, 6.07) is 45.3. The highest BCUT2D eigenvalue weighted by Gasteiger charge is 2.31. The number of hydrogen-bond acceptors (Lipinski definition) is 30. The van der Waals surface area contributed by atoms with Crippen molar-refractivity contribution in [3.05, 3.63) is 223 Å². The molecular formula is C89H104ClN15O18S3. The number of hydrogen-bond donors (Lipinski definition) is 5. The minimum absolute atomic E-state index is 0.0169. The van der Waals surface area contributed by atoms with Crippen molar-refractivity contribution in [3.8, 4) is 98.5 Å². The molecule has 126 heavy (non-hydrogen) atoms. The lowest BCUT2D eigenvalue weighted by Gasteiger charge is -2.21. The number of halogens is 1. The summed E-state index contributed by atoms with van der Waals surface area (Å²) in [5.74, 6) is 1.50. The lowest BCUT2D eigenvalue weighted by molar-refractivity contribution is -0.0199. The molecule has 12 rings (SSSR count). The Morgan fingerprint density at radius 2 is 0.587 bits per heavy atom. The zero-order valence-corrected chi connectivity index (χ0v) is 76.4. The van der Waals surface area contributed by atoms with Gasteiger partial charge in [0.1, 0.15) is 13.2 Å². The number of benzene rings is 6. The van der Waals surface area contributed by atoms with Gasteiger partial charge < -0.3 is 57.6 Å². The molecule has 37 heteroatoms. The van der Waals surface area contributed by atoms with Crippen LogP contribution in [0.15, 0.2) is 216 Å². The quantitative estimate of drug-likeness (QED) is 0.0206. The first-order chi connectivity index (χ1) is 59.5. The van der Waals surface area contributed by atoms with Crippen LogP contribution in [0.25, 0.3) is 34.9 Å². The molecule has 0 bridgehead atoms. The van der Waals surface area contributed by atoms with Crippen LogP contribution in [0.1, 0.15) is 121 Å². The first-order valence-corrected chi connectivity index (χ1v) is 44.2. The van der Waals surface area contributed by atoms with Gasteiger partial charge in [0.25, 0.3) is 41.8 Å². The van der Waals surface area contributed by atoms with Crippen LogP contribution in [0.2, 0.25) is 5.15 Å². The van der Waals surface area contributed by atoms with E-state index in [0.717, 1.165) is 16.7 Å². The number of aromatic nitrogens is 12. The summed E-state index contributed by atoms with van der Waals surface area (Å²) in [5, 5.41) is 17.6. The Morgan fingerprint density at radius 3 is 0.865 bits per heavy atom. The van der Waals surface area contributed by atoms with Gasteiger partial charge in [-0.3, -0.25) is 14.2 Å². The molecule has 5 N–H and O–H groups in total. The van der Waals surface area contributed by atoms with Crippen molar-refractivity contribution in [2.45, 2.75) is 146 Å². The van der Waals surface area contributed by atoms with Crippen molar-refractivity contribution in [1.82, 2.24) is 59.8 Å². The molecule has 0 fully saturated rings. The maximum atomic E-state index is 13.7. The van der Waals surface area contributed by atoms with Gasteiger partial charge in [-0.2, -0.15) is 9.97 Å². The third kappa shape index (κ3) is 28.0. The highest BCUT2D eigenvalue weighted by molar-refractivity contribution is 7.93. The van der Waals surface area contributed by atoms with E-state index >= 15 is 0 Å². The molecule has 0 aliphatic carbocycles. The summed E-state index contributed by atoms with van der Waals surface area (Å²) in [7, 11) is -7.89. The van der Waals surface area contributed by atoms with Crippen molar-refractivity contribution in [2.24, 2.45) is 0 Å². The molecule has 0 saturated carbocycles. The Morgan fingerprint density at radius 1 is 0.317 bits per heavy atom. The normalized spacial score (nSPS) is 11.8. The Kier molecular flexibility index (Phi) is 33.2. The number of aliphatic hydroxyl groups is 2. The minimum atomic E-state index is -4.14. The molecule has 33 nitrogen and oxygen atoms in total. The molecule has 6 aromatic heterocycles. The maximum Gasteiger partial charge on any atom is 0.263 e.